The maximum atomic E-state index is 11.5. The van der Waals surface area contributed by atoms with E-state index in [9.17, 15) is 10.0 Å². The minimum atomic E-state index is -0.313. The molecule has 0 aliphatic carbocycles. The topological polar surface area (TPSA) is 81.8 Å². The molecule has 0 spiro atoms. The minimum Gasteiger partial charge on any atom is -0.619 e. The van der Waals surface area contributed by atoms with Crippen LogP contribution in [0.1, 0.15) is 10.4 Å². The molecular weight excluding hydrogens is 216 g/mol. The van der Waals surface area contributed by atoms with Gasteiger partial charge in [0.1, 0.15) is 5.51 Å². The first-order chi connectivity index (χ1) is 7.25. The molecule has 2 aromatic rings. The Morgan fingerprint density at radius 3 is 2.80 bits per heavy atom. The zero-order valence-electron chi connectivity index (χ0n) is 7.45. The second kappa shape index (κ2) is 4.01. The Labute approximate surface area is 88.8 Å². The number of aromatic nitrogens is 3. The number of carbonyl (C=O) groups excluding carboxylic acids is 1. The summed E-state index contributed by atoms with van der Waals surface area (Å²) in [7, 11) is 0. The molecule has 0 saturated heterocycles. The van der Waals surface area contributed by atoms with E-state index in [2.05, 4.69) is 15.5 Å². The third kappa shape index (κ3) is 2.26. The van der Waals surface area contributed by atoms with Gasteiger partial charge in [0.2, 0.25) is 5.13 Å². The molecule has 2 heterocycles. The van der Waals surface area contributed by atoms with Crippen molar-refractivity contribution in [2.24, 2.45) is 0 Å². The molecule has 0 aliphatic heterocycles. The van der Waals surface area contributed by atoms with Crippen LogP contribution in [0.4, 0.5) is 5.13 Å². The van der Waals surface area contributed by atoms with Gasteiger partial charge in [0.05, 0.1) is 5.56 Å². The van der Waals surface area contributed by atoms with Crippen LogP contribution in [0.15, 0.2) is 30.0 Å². The number of pyridine rings is 1. The average molecular weight is 222 g/mol. The van der Waals surface area contributed by atoms with Crippen LogP contribution < -0.4 is 10.0 Å². The Hall–Kier alpha value is -2.02. The van der Waals surface area contributed by atoms with Crippen molar-refractivity contribution in [3.63, 3.8) is 0 Å². The van der Waals surface area contributed by atoms with Crippen molar-refractivity contribution < 1.29 is 9.52 Å². The molecule has 6 nitrogen and oxygen atoms in total. The summed E-state index contributed by atoms with van der Waals surface area (Å²) in [6.07, 6.45) is 2.52. The fourth-order valence-electron chi connectivity index (χ4n) is 0.961. The van der Waals surface area contributed by atoms with Crippen molar-refractivity contribution in [1.29, 1.82) is 0 Å². The fraction of sp³-hybridized carbons (Fsp3) is 0. The lowest BCUT2D eigenvalue weighted by Crippen LogP contribution is -2.25. The maximum Gasteiger partial charge on any atom is 0.257 e. The highest BCUT2D eigenvalue weighted by molar-refractivity contribution is 7.13. The monoisotopic (exact) mass is 222 g/mol. The number of nitrogens with one attached hydrogen (secondary N) is 1. The predicted octanol–water partition coefficient (Wildman–Crippen LogP) is 0.424. The van der Waals surface area contributed by atoms with Crippen molar-refractivity contribution in [3.05, 3.63) is 40.8 Å². The highest BCUT2D eigenvalue weighted by atomic mass is 32.1. The summed E-state index contributed by atoms with van der Waals surface area (Å²) in [5, 5.41) is 21.0. The van der Waals surface area contributed by atoms with Gasteiger partial charge in [-0.05, 0) is 0 Å². The largest absolute Gasteiger partial charge is 0.619 e. The van der Waals surface area contributed by atoms with Gasteiger partial charge in [0.15, 0.2) is 12.4 Å². The normalized spacial score (nSPS) is 9.87. The van der Waals surface area contributed by atoms with Crippen LogP contribution in [-0.2, 0) is 0 Å². The summed E-state index contributed by atoms with van der Waals surface area (Å²) >= 11 is 1.23. The molecule has 0 bridgehead atoms. The Bertz CT molecular complexity index is 454. The van der Waals surface area contributed by atoms with Gasteiger partial charge in [-0.15, -0.1) is 10.2 Å². The van der Waals surface area contributed by atoms with E-state index in [0.717, 1.165) is 0 Å². The molecule has 2 rings (SSSR count). The van der Waals surface area contributed by atoms with E-state index in [-0.39, 0.29) is 5.91 Å². The molecule has 7 heteroatoms. The van der Waals surface area contributed by atoms with Crippen molar-refractivity contribution in [1.82, 2.24) is 10.2 Å². The molecule has 1 amide bonds. The average Bonchev–Trinajstić information content (AvgIpc) is 2.71. The zero-order valence-corrected chi connectivity index (χ0v) is 8.27. The summed E-state index contributed by atoms with van der Waals surface area (Å²) in [4.78, 5) is 11.5. The minimum absolute atomic E-state index is 0.313. The molecule has 0 aliphatic rings. The van der Waals surface area contributed by atoms with Gasteiger partial charge in [-0.1, -0.05) is 11.3 Å². The van der Waals surface area contributed by atoms with Gasteiger partial charge < -0.3 is 5.21 Å². The van der Waals surface area contributed by atoms with E-state index in [4.69, 9.17) is 0 Å². The Morgan fingerprint density at radius 2 is 2.20 bits per heavy atom. The van der Waals surface area contributed by atoms with Crippen LogP contribution in [-0.4, -0.2) is 16.1 Å². The van der Waals surface area contributed by atoms with Gasteiger partial charge in [-0.2, -0.15) is 4.73 Å². The lowest BCUT2D eigenvalue weighted by atomic mass is 10.2. The van der Waals surface area contributed by atoms with Crippen LogP contribution in [0.3, 0.4) is 0 Å². The first-order valence-electron chi connectivity index (χ1n) is 4.02. The third-order valence-electron chi connectivity index (χ3n) is 1.64. The van der Waals surface area contributed by atoms with Crippen molar-refractivity contribution >= 4 is 22.4 Å². The summed E-state index contributed by atoms with van der Waals surface area (Å²) in [5.74, 6) is -0.313. The lowest BCUT2D eigenvalue weighted by Gasteiger charge is -2.00. The number of carbonyl (C=O) groups is 1. The first kappa shape index (κ1) is 9.53. The quantitative estimate of drug-likeness (QED) is 0.590. The predicted molar refractivity (Wildman–Crippen MR) is 53.3 cm³/mol. The van der Waals surface area contributed by atoms with E-state index >= 15 is 0 Å². The van der Waals surface area contributed by atoms with E-state index < -0.39 is 0 Å². The maximum absolute atomic E-state index is 11.5. The summed E-state index contributed by atoms with van der Waals surface area (Å²) in [6, 6.07) is 2.87. The van der Waals surface area contributed by atoms with E-state index in [1.54, 1.807) is 0 Å². The number of hydrogen-bond acceptors (Lipinski definition) is 5. The van der Waals surface area contributed by atoms with Gasteiger partial charge in [0.25, 0.3) is 5.91 Å². The molecule has 0 radical (unpaired) electrons. The number of hydrogen-bond donors (Lipinski definition) is 1. The second-order valence-electron chi connectivity index (χ2n) is 2.64. The number of nitrogens with zero attached hydrogens (tertiary/aromatic N) is 3. The molecule has 0 saturated carbocycles. The Morgan fingerprint density at radius 1 is 1.47 bits per heavy atom. The highest BCUT2D eigenvalue weighted by Crippen LogP contribution is 2.09. The lowest BCUT2D eigenvalue weighted by molar-refractivity contribution is -0.605. The van der Waals surface area contributed by atoms with E-state index in [1.165, 1.54) is 41.4 Å². The third-order valence-corrected chi connectivity index (χ3v) is 2.25. The second-order valence-corrected chi connectivity index (χ2v) is 3.48. The molecule has 76 valence electrons. The fourth-order valence-corrected chi connectivity index (χ4v) is 1.40. The first-order valence-corrected chi connectivity index (χ1v) is 4.90. The van der Waals surface area contributed by atoms with Crippen LogP contribution in [0.2, 0.25) is 0 Å². The van der Waals surface area contributed by atoms with Gasteiger partial charge in [-0.3, -0.25) is 10.1 Å². The molecule has 0 unspecified atom stereocenters. The highest BCUT2D eigenvalue weighted by Gasteiger charge is 2.08. The molecule has 0 fully saturated rings. The van der Waals surface area contributed by atoms with Crippen LogP contribution >= 0.6 is 11.3 Å². The summed E-state index contributed by atoms with van der Waals surface area (Å²) < 4.78 is 0.613. The molecule has 15 heavy (non-hydrogen) atoms. The van der Waals surface area contributed by atoms with Crippen molar-refractivity contribution in [2.75, 3.05) is 5.32 Å². The molecule has 2 aromatic heterocycles. The van der Waals surface area contributed by atoms with E-state index in [0.29, 0.717) is 15.4 Å². The standard InChI is InChI=1S/C8H6N4O2S/c13-7(10-8-11-9-5-15-8)6-1-3-12(14)4-2-6/h1-5H,(H,10,11,13). The van der Waals surface area contributed by atoms with Crippen LogP contribution in [0.25, 0.3) is 0 Å². The van der Waals surface area contributed by atoms with Gasteiger partial charge >= 0.3 is 0 Å². The van der Waals surface area contributed by atoms with E-state index in [1.807, 2.05) is 0 Å². The smallest absolute Gasteiger partial charge is 0.257 e. The van der Waals surface area contributed by atoms with Crippen LogP contribution in [0, 0.1) is 5.21 Å². The summed E-state index contributed by atoms with van der Waals surface area (Å²) in [6.45, 7) is 0. The Balaban J connectivity index is 2.11. The Kier molecular flexibility index (Phi) is 2.55. The van der Waals surface area contributed by atoms with Crippen LogP contribution in [0.5, 0.6) is 0 Å². The van der Waals surface area contributed by atoms with Crippen molar-refractivity contribution in [3.8, 4) is 0 Å². The molecular formula is C8H6N4O2S. The van der Waals surface area contributed by atoms with Crippen molar-refractivity contribution in [2.45, 2.75) is 0 Å². The molecule has 0 atom stereocenters. The molecule has 1 N–H and O–H groups in total. The zero-order chi connectivity index (χ0) is 10.7. The van der Waals surface area contributed by atoms with Gasteiger partial charge in [0, 0.05) is 12.1 Å². The summed E-state index contributed by atoms with van der Waals surface area (Å²) in [5.41, 5.74) is 1.92. The van der Waals surface area contributed by atoms with Gasteiger partial charge in [-0.25, -0.2) is 0 Å². The molecule has 0 aromatic carbocycles. The number of anilines is 1. The SMILES string of the molecule is O=C(Nc1nncs1)c1cc[n+]([O-])cc1. The number of rotatable bonds is 2. The number of amides is 1.